The van der Waals surface area contributed by atoms with Crippen molar-refractivity contribution in [2.24, 2.45) is 62.1 Å². The van der Waals surface area contributed by atoms with E-state index in [4.69, 9.17) is 4.74 Å². The first-order valence-electron chi connectivity index (χ1n) is 16.6. The van der Waals surface area contributed by atoms with Gasteiger partial charge in [-0.3, -0.25) is 14.4 Å². The van der Waals surface area contributed by atoms with E-state index in [1.165, 1.54) is 5.57 Å². The number of carboxylic acids is 2. The number of rotatable bonds is 5. The van der Waals surface area contributed by atoms with Gasteiger partial charge in [0.15, 0.2) is 0 Å². The van der Waals surface area contributed by atoms with Crippen molar-refractivity contribution in [2.75, 3.05) is 0 Å². The van der Waals surface area contributed by atoms with Gasteiger partial charge in [-0.05, 0) is 124 Å². The maximum atomic E-state index is 12.9. The highest BCUT2D eigenvalue weighted by Crippen LogP contribution is 2.76. The molecule has 6 nitrogen and oxygen atoms in total. The van der Waals surface area contributed by atoms with Crippen LogP contribution < -0.4 is 0 Å². The first-order valence-corrected chi connectivity index (χ1v) is 16.6. The fraction of sp³-hybridized carbons (Fsp3) is 0.861. The van der Waals surface area contributed by atoms with Crippen LogP contribution in [0.15, 0.2) is 11.6 Å². The number of carbonyl (C=O) groups excluding carboxylic acids is 1. The second-order valence-electron chi connectivity index (χ2n) is 17.3. The molecule has 4 fully saturated rings. The molecule has 0 aromatic heterocycles. The molecule has 0 aromatic rings. The summed E-state index contributed by atoms with van der Waals surface area (Å²) in [5.41, 5.74) is -0.283. The third-order valence-corrected chi connectivity index (χ3v) is 14.9. The summed E-state index contributed by atoms with van der Waals surface area (Å²) in [4.78, 5) is 37.5. The summed E-state index contributed by atoms with van der Waals surface area (Å²) in [5.74, 6) is -0.150. The lowest BCUT2D eigenvalue weighted by atomic mass is 9.31. The van der Waals surface area contributed by atoms with Crippen LogP contribution in [-0.2, 0) is 19.1 Å². The molecule has 0 amide bonds. The number of allylic oxidation sites excluding steroid dienone is 2. The van der Waals surface area contributed by atoms with Crippen LogP contribution in [0.5, 0.6) is 0 Å². The molecule has 42 heavy (non-hydrogen) atoms. The Labute approximate surface area is 253 Å². The zero-order valence-corrected chi connectivity index (χ0v) is 27.6. The first-order chi connectivity index (χ1) is 19.3. The smallest absolute Gasteiger partial charge is 0.310 e. The zero-order chi connectivity index (χ0) is 31.3. The minimum Gasteiger partial charge on any atom is -0.481 e. The van der Waals surface area contributed by atoms with Gasteiger partial charge in [0.05, 0.1) is 17.3 Å². The average Bonchev–Trinajstić information content (AvgIpc) is 2.87. The quantitative estimate of drug-likeness (QED) is 0.250. The topological polar surface area (TPSA) is 101 Å². The molecule has 0 aliphatic heterocycles. The molecule has 4 saturated carbocycles. The number of aliphatic carboxylic acids is 2. The lowest BCUT2D eigenvalue weighted by Gasteiger charge is -2.73. The summed E-state index contributed by atoms with van der Waals surface area (Å²) in [6.07, 6.45) is 10.5. The van der Waals surface area contributed by atoms with Crippen molar-refractivity contribution in [3.63, 3.8) is 0 Å². The Morgan fingerprint density at radius 3 is 2.19 bits per heavy atom. The van der Waals surface area contributed by atoms with Gasteiger partial charge in [-0.1, -0.05) is 53.2 Å². The molecule has 1 unspecified atom stereocenters. The Kier molecular flexibility index (Phi) is 7.39. The number of esters is 1. The predicted molar refractivity (Wildman–Crippen MR) is 163 cm³/mol. The third kappa shape index (κ3) is 4.19. The summed E-state index contributed by atoms with van der Waals surface area (Å²) in [6, 6.07) is 0. The molecule has 5 rings (SSSR count). The number of fused-ring (bicyclic) bond motifs is 7. The molecule has 5 aliphatic rings. The molecule has 0 spiro atoms. The average molecular weight is 585 g/mol. The molecule has 236 valence electrons. The lowest BCUT2D eigenvalue weighted by molar-refractivity contribution is -0.254. The van der Waals surface area contributed by atoms with Crippen LogP contribution in [0, 0.1) is 62.1 Å². The van der Waals surface area contributed by atoms with Crippen LogP contribution in [0.25, 0.3) is 0 Å². The van der Waals surface area contributed by atoms with Gasteiger partial charge < -0.3 is 14.9 Å². The predicted octanol–water partition coefficient (Wildman–Crippen LogP) is 8.14. The number of carboxylic acid groups (broad SMARTS) is 2. The van der Waals surface area contributed by atoms with Gasteiger partial charge in [0.25, 0.3) is 0 Å². The molecule has 0 heterocycles. The van der Waals surface area contributed by atoms with Crippen LogP contribution in [0.2, 0.25) is 0 Å². The molecular weight excluding hydrogens is 528 g/mol. The van der Waals surface area contributed by atoms with Crippen LogP contribution in [0.1, 0.15) is 127 Å². The second kappa shape index (κ2) is 9.83. The Morgan fingerprint density at radius 2 is 1.57 bits per heavy atom. The number of ether oxygens (including phenoxy) is 1. The van der Waals surface area contributed by atoms with Gasteiger partial charge >= 0.3 is 17.9 Å². The Morgan fingerprint density at radius 1 is 0.905 bits per heavy atom. The highest BCUT2D eigenvalue weighted by molar-refractivity contribution is 5.81. The molecular formula is C36H56O6. The van der Waals surface area contributed by atoms with E-state index < -0.39 is 28.7 Å². The normalized spacial score (nSPS) is 46.2. The van der Waals surface area contributed by atoms with E-state index in [-0.39, 0.29) is 40.1 Å². The van der Waals surface area contributed by atoms with Crippen LogP contribution in [-0.4, -0.2) is 34.2 Å². The number of carbonyl (C=O) groups is 3. The van der Waals surface area contributed by atoms with Gasteiger partial charge in [-0.25, -0.2) is 0 Å². The monoisotopic (exact) mass is 584 g/mol. The lowest BCUT2D eigenvalue weighted by Crippen LogP contribution is -2.68. The standard InChI is InChI=1S/C36H56O6/c1-21-12-17-36(30(40)41)19-18-34(8)23(28(36)22(21)2)10-11-25-33(7)15-14-26(42-27(37)20-31(3,4)29(38)39)32(5,6)24(33)13-16-35(25,34)9/h12,22-26,28H,10-11,13-20H2,1-9H3,(H,38,39)(H,40,41)/t22-,23-,24+,25-,26?,28-,33+,34-,35-,36+/m1/s1. The SMILES string of the molecule is CC1=CC[C@]2(C(=O)O)CC[C@]3(C)[C@H](CC[C@@H]4[C@@]5(C)CCC(OC(=O)CC(C)(C)C(=O)O)C(C)(C)[C@@H]5CC[C@]43C)[C@H]2[C@@H]1C. The highest BCUT2D eigenvalue weighted by atomic mass is 16.5. The van der Waals surface area contributed by atoms with Gasteiger partial charge in [0, 0.05) is 5.41 Å². The number of hydrogen-bond donors (Lipinski definition) is 2. The molecule has 10 atom stereocenters. The van der Waals surface area contributed by atoms with Gasteiger partial charge in [0.2, 0.25) is 0 Å². The molecule has 2 N–H and O–H groups in total. The second-order valence-corrected chi connectivity index (χ2v) is 17.3. The molecule has 5 aliphatic carbocycles. The van der Waals surface area contributed by atoms with Gasteiger partial charge in [-0.2, -0.15) is 0 Å². The fourth-order valence-corrected chi connectivity index (χ4v) is 12.1. The maximum Gasteiger partial charge on any atom is 0.310 e. The van der Waals surface area contributed by atoms with Crippen molar-refractivity contribution >= 4 is 17.9 Å². The summed E-state index contributed by atoms with van der Waals surface area (Å²) >= 11 is 0. The van der Waals surface area contributed by atoms with Crippen molar-refractivity contribution in [3.8, 4) is 0 Å². The van der Waals surface area contributed by atoms with E-state index in [0.717, 1.165) is 51.4 Å². The van der Waals surface area contributed by atoms with Crippen LogP contribution >= 0.6 is 0 Å². The van der Waals surface area contributed by atoms with E-state index in [1.807, 2.05) is 0 Å². The van der Waals surface area contributed by atoms with Crippen molar-refractivity contribution in [1.82, 2.24) is 0 Å². The molecule has 0 saturated heterocycles. The van der Waals surface area contributed by atoms with Gasteiger partial charge in [0.1, 0.15) is 6.10 Å². The van der Waals surface area contributed by atoms with E-state index in [9.17, 15) is 24.6 Å². The molecule has 0 aromatic carbocycles. The van der Waals surface area contributed by atoms with Crippen LogP contribution in [0.3, 0.4) is 0 Å². The van der Waals surface area contributed by atoms with E-state index in [0.29, 0.717) is 30.1 Å². The minimum atomic E-state index is -1.15. The Hall–Kier alpha value is -1.85. The molecule has 0 radical (unpaired) electrons. The zero-order valence-electron chi connectivity index (χ0n) is 27.6. The van der Waals surface area contributed by atoms with Crippen molar-refractivity contribution in [2.45, 2.75) is 133 Å². The fourth-order valence-electron chi connectivity index (χ4n) is 12.1. The maximum absolute atomic E-state index is 12.9. The summed E-state index contributed by atoms with van der Waals surface area (Å²) in [7, 11) is 0. The molecule has 6 heteroatoms. The Bertz CT molecular complexity index is 1180. The third-order valence-electron chi connectivity index (χ3n) is 14.9. The van der Waals surface area contributed by atoms with E-state index in [2.05, 4.69) is 54.5 Å². The first kappa shape index (κ1) is 31.6. The number of hydrogen-bond acceptors (Lipinski definition) is 4. The summed E-state index contributed by atoms with van der Waals surface area (Å²) in [5, 5.41) is 20.2. The van der Waals surface area contributed by atoms with E-state index in [1.54, 1.807) is 13.8 Å². The van der Waals surface area contributed by atoms with Crippen molar-refractivity contribution < 1.29 is 29.3 Å². The largest absolute Gasteiger partial charge is 0.481 e. The van der Waals surface area contributed by atoms with E-state index >= 15 is 0 Å². The van der Waals surface area contributed by atoms with Crippen molar-refractivity contribution in [3.05, 3.63) is 11.6 Å². The summed E-state index contributed by atoms with van der Waals surface area (Å²) < 4.78 is 6.10. The molecule has 0 bridgehead atoms. The summed E-state index contributed by atoms with van der Waals surface area (Å²) in [6.45, 7) is 19.8. The van der Waals surface area contributed by atoms with Crippen molar-refractivity contribution in [1.29, 1.82) is 0 Å². The minimum absolute atomic E-state index is 0.0925. The highest BCUT2D eigenvalue weighted by Gasteiger charge is 2.71. The van der Waals surface area contributed by atoms with Gasteiger partial charge in [-0.15, -0.1) is 0 Å². The van der Waals surface area contributed by atoms with Crippen LogP contribution in [0.4, 0.5) is 0 Å². The Balaban J connectivity index is 1.42.